The quantitative estimate of drug-likeness (QED) is 0.908. The van der Waals surface area contributed by atoms with Crippen molar-refractivity contribution in [2.24, 2.45) is 0 Å². The van der Waals surface area contributed by atoms with E-state index in [0.29, 0.717) is 0 Å². The maximum absolute atomic E-state index is 9.29. The highest BCUT2D eigenvalue weighted by Gasteiger charge is 2.09. The van der Waals surface area contributed by atoms with Crippen LogP contribution in [0.2, 0.25) is 0 Å². The van der Waals surface area contributed by atoms with Crippen molar-refractivity contribution in [1.82, 2.24) is 5.32 Å². The summed E-state index contributed by atoms with van der Waals surface area (Å²) in [5.74, 6) is 0. The van der Waals surface area contributed by atoms with Gasteiger partial charge in [-0.2, -0.15) is 5.26 Å². The summed E-state index contributed by atoms with van der Waals surface area (Å²) >= 11 is 1.74. The van der Waals surface area contributed by atoms with Crippen LogP contribution in [0.3, 0.4) is 0 Å². The van der Waals surface area contributed by atoms with Crippen LogP contribution in [0, 0.1) is 11.3 Å². The highest BCUT2D eigenvalue weighted by Crippen LogP contribution is 2.23. The first-order valence-corrected chi connectivity index (χ1v) is 7.03. The molecule has 2 rings (SSSR count). The number of rotatable bonds is 5. The number of hydrogen-bond acceptors (Lipinski definition) is 4. The van der Waals surface area contributed by atoms with E-state index < -0.39 is 0 Å². The molecule has 0 amide bonds. The van der Waals surface area contributed by atoms with E-state index in [1.54, 1.807) is 11.3 Å². The largest absolute Gasteiger partial charge is 0.368 e. The Labute approximate surface area is 118 Å². The summed E-state index contributed by atoms with van der Waals surface area (Å²) in [5, 5.41) is 14.5. The zero-order chi connectivity index (χ0) is 13.7. The number of anilines is 1. The zero-order valence-electron chi connectivity index (χ0n) is 11.2. The van der Waals surface area contributed by atoms with E-state index in [0.717, 1.165) is 29.9 Å². The van der Waals surface area contributed by atoms with Crippen molar-refractivity contribution in [3.63, 3.8) is 0 Å². The molecule has 0 radical (unpaired) electrons. The van der Waals surface area contributed by atoms with Crippen molar-refractivity contribution in [3.05, 3.63) is 51.7 Å². The molecule has 0 aliphatic rings. The normalized spacial score (nSPS) is 10.2. The van der Waals surface area contributed by atoms with E-state index in [1.807, 2.05) is 26.2 Å². The first kappa shape index (κ1) is 13.6. The molecule has 0 bridgehead atoms. The van der Waals surface area contributed by atoms with Crippen molar-refractivity contribution in [2.45, 2.75) is 13.1 Å². The molecule has 0 saturated heterocycles. The van der Waals surface area contributed by atoms with Gasteiger partial charge in [0.1, 0.15) is 6.07 Å². The Morgan fingerprint density at radius 2 is 2.21 bits per heavy atom. The van der Waals surface area contributed by atoms with Crippen molar-refractivity contribution in [3.8, 4) is 6.07 Å². The van der Waals surface area contributed by atoms with Gasteiger partial charge in [0, 0.05) is 18.5 Å². The van der Waals surface area contributed by atoms with Crippen LogP contribution < -0.4 is 10.2 Å². The lowest BCUT2D eigenvalue weighted by Gasteiger charge is -2.20. The minimum Gasteiger partial charge on any atom is -0.368 e. The zero-order valence-corrected chi connectivity index (χ0v) is 12.0. The third-order valence-corrected chi connectivity index (χ3v) is 3.81. The summed E-state index contributed by atoms with van der Waals surface area (Å²) in [7, 11) is 3.93. The number of nitriles is 1. The molecule has 4 heteroatoms. The van der Waals surface area contributed by atoms with E-state index in [4.69, 9.17) is 0 Å². The lowest BCUT2D eigenvalue weighted by molar-refractivity contribution is 0.816. The van der Waals surface area contributed by atoms with Gasteiger partial charge in [0.2, 0.25) is 0 Å². The smallest absolute Gasteiger partial charge is 0.101 e. The Hall–Kier alpha value is -1.83. The van der Waals surface area contributed by atoms with Gasteiger partial charge in [-0.15, -0.1) is 11.3 Å². The van der Waals surface area contributed by atoms with Crippen molar-refractivity contribution in [1.29, 1.82) is 5.26 Å². The molecule has 0 spiro atoms. The molecule has 0 aliphatic heterocycles. The van der Waals surface area contributed by atoms with Gasteiger partial charge in [-0.05, 0) is 36.2 Å². The van der Waals surface area contributed by atoms with E-state index in [2.05, 4.69) is 39.9 Å². The van der Waals surface area contributed by atoms with Crippen LogP contribution in [0.15, 0.2) is 35.7 Å². The summed E-state index contributed by atoms with van der Waals surface area (Å²) in [4.78, 5) is 3.42. The van der Waals surface area contributed by atoms with Crippen LogP contribution in [0.4, 0.5) is 5.69 Å². The van der Waals surface area contributed by atoms with Crippen LogP contribution in [0.25, 0.3) is 0 Å². The molecule has 1 aromatic carbocycles. The molecular formula is C15H17N3S. The SMILES string of the molecule is CNCc1ccc(N(C)Cc2cccs2)c(C#N)c1. The summed E-state index contributed by atoms with van der Waals surface area (Å²) < 4.78 is 0. The molecule has 0 atom stereocenters. The topological polar surface area (TPSA) is 39.1 Å². The van der Waals surface area contributed by atoms with Crippen LogP contribution in [-0.2, 0) is 13.1 Å². The Kier molecular flexibility index (Phi) is 4.56. The second-order valence-electron chi connectivity index (χ2n) is 4.43. The Balaban J connectivity index is 2.21. The van der Waals surface area contributed by atoms with E-state index in [-0.39, 0.29) is 0 Å². The van der Waals surface area contributed by atoms with Crippen LogP contribution >= 0.6 is 11.3 Å². The van der Waals surface area contributed by atoms with E-state index in [1.165, 1.54) is 4.88 Å². The maximum atomic E-state index is 9.29. The highest BCUT2D eigenvalue weighted by atomic mass is 32.1. The molecule has 1 aromatic heterocycles. The Bertz CT molecular complexity index is 570. The van der Waals surface area contributed by atoms with Gasteiger partial charge in [0.05, 0.1) is 17.8 Å². The number of benzene rings is 1. The Morgan fingerprint density at radius 3 is 2.84 bits per heavy atom. The number of hydrogen-bond donors (Lipinski definition) is 1. The minimum absolute atomic E-state index is 0.729. The molecule has 0 saturated carbocycles. The minimum atomic E-state index is 0.729. The van der Waals surface area contributed by atoms with Gasteiger partial charge in [-0.1, -0.05) is 12.1 Å². The number of thiophene rings is 1. The van der Waals surface area contributed by atoms with Crippen LogP contribution in [-0.4, -0.2) is 14.1 Å². The standard InChI is InChI=1S/C15H17N3S/c1-17-10-12-5-6-15(13(8-12)9-16)18(2)11-14-4-3-7-19-14/h3-8,17H,10-11H2,1-2H3. The molecule has 19 heavy (non-hydrogen) atoms. The van der Waals surface area contributed by atoms with Crippen LogP contribution in [0.5, 0.6) is 0 Å². The second-order valence-corrected chi connectivity index (χ2v) is 5.46. The monoisotopic (exact) mass is 271 g/mol. The van der Waals surface area contributed by atoms with Gasteiger partial charge in [-0.25, -0.2) is 0 Å². The van der Waals surface area contributed by atoms with E-state index in [9.17, 15) is 5.26 Å². The molecule has 1 heterocycles. The average molecular weight is 271 g/mol. The van der Waals surface area contributed by atoms with Crippen molar-refractivity contribution < 1.29 is 0 Å². The lowest BCUT2D eigenvalue weighted by Crippen LogP contribution is -2.17. The first-order valence-electron chi connectivity index (χ1n) is 6.15. The molecule has 0 fully saturated rings. The molecule has 0 unspecified atom stereocenters. The van der Waals surface area contributed by atoms with Gasteiger partial charge >= 0.3 is 0 Å². The molecule has 1 N–H and O–H groups in total. The average Bonchev–Trinajstić information content (AvgIpc) is 2.91. The molecule has 0 aliphatic carbocycles. The van der Waals surface area contributed by atoms with Gasteiger partial charge < -0.3 is 10.2 Å². The molecule has 3 nitrogen and oxygen atoms in total. The number of nitrogens with one attached hydrogen (secondary N) is 1. The third-order valence-electron chi connectivity index (χ3n) is 2.95. The molecule has 98 valence electrons. The molecule has 2 aromatic rings. The van der Waals surface area contributed by atoms with Gasteiger partial charge in [0.25, 0.3) is 0 Å². The summed E-state index contributed by atoms with van der Waals surface area (Å²) in [6.07, 6.45) is 0. The predicted molar refractivity (Wildman–Crippen MR) is 80.3 cm³/mol. The van der Waals surface area contributed by atoms with Gasteiger partial charge in [0.15, 0.2) is 0 Å². The van der Waals surface area contributed by atoms with Crippen molar-refractivity contribution in [2.75, 3.05) is 19.0 Å². The number of nitrogens with zero attached hydrogens (tertiary/aromatic N) is 2. The Morgan fingerprint density at radius 1 is 1.37 bits per heavy atom. The highest BCUT2D eigenvalue weighted by molar-refractivity contribution is 7.09. The second kappa shape index (κ2) is 6.37. The fourth-order valence-electron chi connectivity index (χ4n) is 2.04. The predicted octanol–water partition coefficient (Wildman–Crippen LogP) is 2.98. The summed E-state index contributed by atoms with van der Waals surface area (Å²) in [5.41, 5.74) is 2.84. The third kappa shape index (κ3) is 3.34. The first-order chi connectivity index (χ1) is 9.24. The van der Waals surface area contributed by atoms with Crippen LogP contribution in [0.1, 0.15) is 16.0 Å². The lowest BCUT2D eigenvalue weighted by atomic mass is 10.1. The summed E-state index contributed by atoms with van der Waals surface area (Å²) in [6.45, 7) is 1.61. The fourth-order valence-corrected chi connectivity index (χ4v) is 2.80. The van der Waals surface area contributed by atoms with Crippen molar-refractivity contribution >= 4 is 17.0 Å². The van der Waals surface area contributed by atoms with E-state index >= 15 is 0 Å². The summed E-state index contributed by atoms with van der Waals surface area (Å²) in [6, 6.07) is 12.5. The molecular weight excluding hydrogens is 254 g/mol. The maximum Gasteiger partial charge on any atom is 0.101 e. The fraction of sp³-hybridized carbons (Fsp3) is 0.267. The van der Waals surface area contributed by atoms with Gasteiger partial charge in [-0.3, -0.25) is 0 Å².